The van der Waals surface area contributed by atoms with Crippen LogP contribution in [0.25, 0.3) is 0 Å². The molecule has 90 valence electrons. The van der Waals surface area contributed by atoms with Gasteiger partial charge in [0.15, 0.2) is 0 Å². The van der Waals surface area contributed by atoms with Crippen LogP contribution >= 0.6 is 0 Å². The van der Waals surface area contributed by atoms with E-state index in [1.54, 1.807) is 14.2 Å². The highest BCUT2D eigenvalue weighted by Gasteiger charge is 2.09. The van der Waals surface area contributed by atoms with Crippen molar-refractivity contribution in [2.24, 2.45) is 0 Å². The second-order valence-corrected chi connectivity index (χ2v) is 3.60. The lowest BCUT2D eigenvalue weighted by molar-refractivity contribution is 0.174. The zero-order chi connectivity index (χ0) is 12.0. The molecule has 16 heavy (non-hydrogen) atoms. The minimum Gasteiger partial charge on any atom is -0.507 e. The summed E-state index contributed by atoms with van der Waals surface area (Å²) >= 11 is 0. The molecule has 0 aromatic heterocycles. The van der Waals surface area contributed by atoms with Gasteiger partial charge in [-0.05, 0) is 24.1 Å². The summed E-state index contributed by atoms with van der Waals surface area (Å²) in [5.41, 5.74) is 2.42. The molecule has 4 heteroatoms. The van der Waals surface area contributed by atoms with Crippen molar-refractivity contribution in [3.63, 3.8) is 0 Å². The Bertz CT molecular complexity index is 309. The van der Waals surface area contributed by atoms with Crippen LogP contribution in [-0.2, 0) is 29.1 Å². The number of hydrogen-bond donors (Lipinski definition) is 2. The Labute approximate surface area is 95.4 Å². The van der Waals surface area contributed by atoms with Crippen LogP contribution < -0.4 is 0 Å². The number of benzene rings is 1. The van der Waals surface area contributed by atoms with Crippen LogP contribution in [0.5, 0.6) is 5.75 Å². The Balaban J connectivity index is 3.05. The van der Waals surface area contributed by atoms with Gasteiger partial charge in [-0.25, -0.2) is 0 Å². The van der Waals surface area contributed by atoms with E-state index >= 15 is 0 Å². The fourth-order valence-electron chi connectivity index (χ4n) is 1.64. The number of hydrogen-bond acceptors (Lipinski definition) is 4. The molecule has 0 aliphatic heterocycles. The molecule has 0 amide bonds. The average Bonchev–Trinajstić information content (AvgIpc) is 2.26. The van der Waals surface area contributed by atoms with Crippen LogP contribution in [0.1, 0.15) is 16.7 Å². The Hall–Kier alpha value is -1.10. The minimum atomic E-state index is 0.0869. The van der Waals surface area contributed by atoms with Crippen LogP contribution in [0, 0.1) is 0 Å². The molecule has 0 radical (unpaired) electrons. The summed E-state index contributed by atoms with van der Waals surface area (Å²) in [6, 6.07) is 3.68. The minimum absolute atomic E-state index is 0.0869. The summed E-state index contributed by atoms with van der Waals surface area (Å²) in [6.07, 6.45) is 0.563. The number of aliphatic hydroxyl groups excluding tert-OH is 1. The van der Waals surface area contributed by atoms with Crippen LogP contribution in [0.3, 0.4) is 0 Å². The SMILES string of the molecule is COCc1cc(CCO)cc(COC)c1O. The molecule has 1 aromatic rings. The molecule has 0 saturated carbocycles. The van der Waals surface area contributed by atoms with Gasteiger partial charge in [0.2, 0.25) is 0 Å². The fourth-order valence-corrected chi connectivity index (χ4v) is 1.64. The third-order valence-corrected chi connectivity index (χ3v) is 2.33. The average molecular weight is 226 g/mol. The molecule has 4 nitrogen and oxygen atoms in total. The van der Waals surface area contributed by atoms with E-state index in [0.717, 1.165) is 16.7 Å². The standard InChI is InChI=1S/C12H18O4/c1-15-7-10-5-9(3-4-13)6-11(8-16-2)12(10)14/h5-6,13-14H,3-4,7-8H2,1-2H3. The zero-order valence-electron chi connectivity index (χ0n) is 9.69. The maximum absolute atomic E-state index is 9.92. The van der Waals surface area contributed by atoms with Crippen LogP contribution in [-0.4, -0.2) is 31.0 Å². The molecule has 0 unspecified atom stereocenters. The van der Waals surface area contributed by atoms with Crippen molar-refractivity contribution in [3.8, 4) is 5.75 Å². The molecule has 0 bridgehead atoms. The Morgan fingerprint density at radius 1 is 1.06 bits per heavy atom. The first kappa shape index (κ1) is 13.0. The fraction of sp³-hybridized carbons (Fsp3) is 0.500. The summed E-state index contributed by atoms with van der Waals surface area (Å²) in [6.45, 7) is 0.785. The Kier molecular flexibility index (Phi) is 5.25. The number of aliphatic hydroxyl groups is 1. The van der Waals surface area contributed by atoms with Crippen molar-refractivity contribution >= 4 is 0 Å². The second-order valence-electron chi connectivity index (χ2n) is 3.60. The van der Waals surface area contributed by atoms with Crippen LogP contribution in [0.2, 0.25) is 0 Å². The third-order valence-electron chi connectivity index (χ3n) is 2.33. The first-order valence-electron chi connectivity index (χ1n) is 5.15. The van der Waals surface area contributed by atoms with Gasteiger partial charge in [-0.1, -0.05) is 0 Å². The lowest BCUT2D eigenvalue weighted by Crippen LogP contribution is -1.99. The summed E-state index contributed by atoms with van der Waals surface area (Å²) in [5.74, 6) is 0.213. The quantitative estimate of drug-likeness (QED) is 0.765. The largest absolute Gasteiger partial charge is 0.507 e. The number of aromatic hydroxyl groups is 1. The first-order valence-corrected chi connectivity index (χ1v) is 5.15. The molecular formula is C12H18O4. The van der Waals surface area contributed by atoms with E-state index in [2.05, 4.69) is 0 Å². The third kappa shape index (κ3) is 3.20. The second kappa shape index (κ2) is 6.48. The number of phenols is 1. The van der Waals surface area contributed by atoms with Gasteiger partial charge in [0.1, 0.15) is 5.75 Å². The van der Waals surface area contributed by atoms with Crippen molar-refractivity contribution in [1.82, 2.24) is 0 Å². The molecule has 1 aromatic carbocycles. The molecule has 2 N–H and O–H groups in total. The molecular weight excluding hydrogens is 208 g/mol. The van der Waals surface area contributed by atoms with Gasteiger partial charge in [-0.15, -0.1) is 0 Å². The van der Waals surface area contributed by atoms with E-state index in [0.29, 0.717) is 19.6 Å². The number of rotatable bonds is 6. The molecule has 0 spiro atoms. The molecule has 0 atom stereocenters. The summed E-state index contributed by atoms with van der Waals surface area (Å²) in [7, 11) is 3.16. The van der Waals surface area contributed by atoms with Gasteiger partial charge >= 0.3 is 0 Å². The smallest absolute Gasteiger partial charge is 0.126 e. The number of methoxy groups -OCH3 is 2. The first-order chi connectivity index (χ1) is 7.72. The number of phenolic OH excluding ortho intramolecular Hbond substituents is 1. The predicted octanol–water partition coefficient (Wildman–Crippen LogP) is 1.22. The Morgan fingerprint density at radius 3 is 1.94 bits per heavy atom. The van der Waals surface area contributed by atoms with Gasteiger partial charge in [-0.3, -0.25) is 0 Å². The molecule has 0 saturated heterocycles. The van der Waals surface area contributed by atoms with E-state index < -0.39 is 0 Å². The van der Waals surface area contributed by atoms with Crippen molar-refractivity contribution in [2.75, 3.05) is 20.8 Å². The molecule has 0 fully saturated rings. The van der Waals surface area contributed by atoms with E-state index in [1.807, 2.05) is 12.1 Å². The summed E-state index contributed by atoms with van der Waals surface area (Å²) < 4.78 is 10.0. The lowest BCUT2D eigenvalue weighted by Gasteiger charge is -2.11. The normalized spacial score (nSPS) is 10.7. The van der Waals surface area contributed by atoms with Crippen molar-refractivity contribution < 1.29 is 19.7 Å². The predicted molar refractivity (Wildman–Crippen MR) is 60.3 cm³/mol. The van der Waals surface area contributed by atoms with Crippen molar-refractivity contribution in [1.29, 1.82) is 0 Å². The highest BCUT2D eigenvalue weighted by atomic mass is 16.5. The summed E-state index contributed by atoms with van der Waals surface area (Å²) in [5, 5.41) is 18.8. The highest BCUT2D eigenvalue weighted by molar-refractivity contribution is 5.43. The van der Waals surface area contributed by atoms with Gasteiger partial charge in [-0.2, -0.15) is 0 Å². The lowest BCUT2D eigenvalue weighted by atomic mass is 10.0. The summed E-state index contributed by atoms with van der Waals surface area (Å²) in [4.78, 5) is 0. The zero-order valence-corrected chi connectivity index (χ0v) is 9.69. The van der Waals surface area contributed by atoms with E-state index in [4.69, 9.17) is 14.6 Å². The highest BCUT2D eigenvalue weighted by Crippen LogP contribution is 2.26. The van der Waals surface area contributed by atoms with E-state index in [-0.39, 0.29) is 12.4 Å². The maximum Gasteiger partial charge on any atom is 0.126 e. The molecule has 0 aliphatic carbocycles. The number of ether oxygens (including phenoxy) is 2. The van der Waals surface area contributed by atoms with Gasteiger partial charge in [0, 0.05) is 32.0 Å². The van der Waals surface area contributed by atoms with Gasteiger partial charge < -0.3 is 19.7 Å². The van der Waals surface area contributed by atoms with E-state index in [1.165, 1.54) is 0 Å². The van der Waals surface area contributed by atoms with Gasteiger partial charge in [0.05, 0.1) is 13.2 Å². The van der Waals surface area contributed by atoms with E-state index in [9.17, 15) is 5.11 Å². The van der Waals surface area contributed by atoms with Crippen LogP contribution in [0.4, 0.5) is 0 Å². The van der Waals surface area contributed by atoms with Gasteiger partial charge in [0.25, 0.3) is 0 Å². The molecule has 0 heterocycles. The van der Waals surface area contributed by atoms with Crippen molar-refractivity contribution in [3.05, 3.63) is 28.8 Å². The topological polar surface area (TPSA) is 58.9 Å². The van der Waals surface area contributed by atoms with Crippen LogP contribution in [0.15, 0.2) is 12.1 Å². The monoisotopic (exact) mass is 226 g/mol. The maximum atomic E-state index is 9.92. The molecule has 1 rings (SSSR count). The Morgan fingerprint density at radius 2 is 1.56 bits per heavy atom. The van der Waals surface area contributed by atoms with Crippen molar-refractivity contribution in [2.45, 2.75) is 19.6 Å². The molecule has 0 aliphatic rings.